The van der Waals surface area contributed by atoms with Crippen molar-refractivity contribution in [2.24, 2.45) is 14.1 Å². The maximum absolute atomic E-state index is 11.8. The van der Waals surface area contributed by atoms with Crippen LogP contribution in [0, 0.1) is 0 Å². The van der Waals surface area contributed by atoms with E-state index in [1.165, 1.54) is 0 Å². The molecule has 7 heteroatoms. The van der Waals surface area contributed by atoms with Gasteiger partial charge in [0.05, 0.1) is 22.1 Å². The average Bonchev–Trinajstić information content (AvgIpc) is 2.83. The van der Waals surface area contributed by atoms with Gasteiger partial charge in [-0.1, -0.05) is 0 Å². The number of halogens is 1. The summed E-state index contributed by atoms with van der Waals surface area (Å²) in [5.41, 5.74) is 3.19. The lowest BCUT2D eigenvalue weighted by atomic mass is 10.2. The lowest BCUT2D eigenvalue weighted by molar-refractivity contribution is 0.273. The number of aliphatic hydroxyl groups is 1. The number of nitrogens with zero attached hydrogens (tertiary/aromatic N) is 3. The van der Waals surface area contributed by atoms with Crippen molar-refractivity contribution < 1.29 is 5.11 Å². The summed E-state index contributed by atoms with van der Waals surface area (Å²) >= 11 is 0. The molecule has 3 aromatic rings. The summed E-state index contributed by atoms with van der Waals surface area (Å²) in [4.78, 5) is 19.0. The Balaban J connectivity index is 0.00000120. The summed E-state index contributed by atoms with van der Waals surface area (Å²) in [7, 11) is 3.47. The molecule has 1 aromatic carbocycles. The fourth-order valence-electron chi connectivity index (χ4n) is 2.13. The molecule has 0 unspecified atom stereocenters. The largest absolute Gasteiger partial charge is 0.388 e. The van der Waals surface area contributed by atoms with E-state index in [1.54, 1.807) is 23.2 Å². The van der Waals surface area contributed by atoms with Gasteiger partial charge in [0, 0.05) is 14.1 Å². The number of imidazole rings is 2. The Hall–Kier alpha value is -1.79. The molecule has 0 spiro atoms. The Labute approximate surface area is 108 Å². The quantitative estimate of drug-likeness (QED) is 0.681. The zero-order valence-corrected chi connectivity index (χ0v) is 10.8. The third kappa shape index (κ3) is 1.53. The Kier molecular flexibility index (Phi) is 2.92. The summed E-state index contributed by atoms with van der Waals surface area (Å²) in [5.74, 6) is 0.528. The molecule has 2 N–H and O–H groups in total. The molecule has 0 saturated heterocycles. The number of benzene rings is 1. The van der Waals surface area contributed by atoms with E-state index in [2.05, 4.69) is 9.97 Å². The monoisotopic (exact) mass is 268 g/mol. The number of fused-ring (bicyclic) bond motifs is 2. The normalized spacial score (nSPS) is 11.1. The highest BCUT2D eigenvalue weighted by molar-refractivity contribution is 5.91. The van der Waals surface area contributed by atoms with Gasteiger partial charge in [-0.15, -0.1) is 12.4 Å². The van der Waals surface area contributed by atoms with Crippen LogP contribution in [0.3, 0.4) is 0 Å². The van der Waals surface area contributed by atoms with Gasteiger partial charge in [-0.3, -0.25) is 9.13 Å². The van der Waals surface area contributed by atoms with E-state index in [9.17, 15) is 4.79 Å². The van der Waals surface area contributed by atoms with Crippen LogP contribution in [0.2, 0.25) is 0 Å². The van der Waals surface area contributed by atoms with E-state index in [-0.39, 0.29) is 24.7 Å². The van der Waals surface area contributed by atoms with E-state index < -0.39 is 0 Å². The van der Waals surface area contributed by atoms with Crippen molar-refractivity contribution in [3.05, 3.63) is 28.4 Å². The summed E-state index contributed by atoms with van der Waals surface area (Å²) in [6.45, 7) is -0.121. The zero-order valence-electron chi connectivity index (χ0n) is 9.97. The average molecular weight is 269 g/mol. The molecular weight excluding hydrogens is 256 g/mol. The smallest absolute Gasteiger partial charge is 0.328 e. The van der Waals surface area contributed by atoms with E-state index in [0.29, 0.717) is 5.82 Å². The van der Waals surface area contributed by atoms with Crippen LogP contribution in [-0.2, 0) is 20.7 Å². The van der Waals surface area contributed by atoms with Crippen molar-refractivity contribution >= 4 is 34.5 Å². The first-order chi connectivity index (χ1) is 8.11. The first-order valence-electron chi connectivity index (χ1n) is 5.26. The fourth-order valence-corrected chi connectivity index (χ4v) is 2.13. The molecule has 0 saturated carbocycles. The Morgan fingerprint density at radius 3 is 2.50 bits per heavy atom. The predicted molar refractivity (Wildman–Crippen MR) is 71.0 cm³/mol. The Bertz CT molecular complexity index is 724. The topological polar surface area (TPSA) is 75.8 Å². The Morgan fingerprint density at radius 2 is 1.89 bits per heavy atom. The van der Waals surface area contributed by atoms with E-state index in [4.69, 9.17) is 5.11 Å². The number of hydrogen-bond donors (Lipinski definition) is 2. The number of hydrogen-bond acceptors (Lipinski definition) is 3. The minimum Gasteiger partial charge on any atom is -0.388 e. The van der Waals surface area contributed by atoms with Crippen LogP contribution in [-0.4, -0.2) is 24.2 Å². The van der Waals surface area contributed by atoms with Crippen LogP contribution in [0.5, 0.6) is 0 Å². The van der Waals surface area contributed by atoms with Crippen LogP contribution < -0.4 is 5.69 Å². The molecule has 2 heterocycles. The molecule has 0 aliphatic rings. The lowest BCUT2D eigenvalue weighted by Crippen LogP contribution is -2.19. The maximum Gasteiger partial charge on any atom is 0.328 e. The molecule has 0 amide bonds. The number of aromatic amines is 1. The van der Waals surface area contributed by atoms with Gasteiger partial charge in [0.1, 0.15) is 12.4 Å². The highest BCUT2D eigenvalue weighted by Gasteiger charge is 2.10. The molecule has 0 atom stereocenters. The van der Waals surface area contributed by atoms with Gasteiger partial charge in [-0.05, 0) is 12.1 Å². The lowest BCUT2D eigenvalue weighted by Gasteiger charge is -1.94. The van der Waals surface area contributed by atoms with Gasteiger partial charge >= 0.3 is 5.69 Å². The summed E-state index contributed by atoms with van der Waals surface area (Å²) in [6.07, 6.45) is 0. The molecule has 6 nitrogen and oxygen atoms in total. The van der Waals surface area contributed by atoms with Crippen LogP contribution >= 0.6 is 12.4 Å². The van der Waals surface area contributed by atoms with Gasteiger partial charge in [-0.25, -0.2) is 9.78 Å². The van der Waals surface area contributed by atoms with E-state index >= 15 is 0 Å². The van der Waals surface area contributed by atoms with Gasteiger partial charge in [0.15, 0.2) is 0 Å². The molecule has 2 aromatic heterocycles. The second-order valence-corrected chi connectivity index (χ2v) is 4.10. The minimum atomic E-state index is -0.121. The molecule has 18 heavy (non-hydrogen) atoms. The van der Waals surface area contributed by atoms with Crippen molar-refractivity contribution in [2.45, 2.75) is 6.61 Å². The fraction of sp³-hybridized carbons (Fsp3) is 0.273. The third-order valence-corrected chi connectivity index (χ3v) is 3.07. The van der Waals surface area contributed by atoms with Crippen molar-refractivity contribution in [1.82, 2.24) is 19.1 Å². The number of rotatable bonds is 1. The summed E-state index contributed by atoms with van der Waals surface area (Å²) in [5, 5.41) is 9.03. The molecule has 0 bridgehead atoms. The number of aryl methyl sites for hydroxylation is 2. The van der Waals surface area contributed by atoms with Crippen molar-refractivity contribution in [3.8, 4) is 0 Å². The van der Waals surface area contributed by atoms with Gasteiger partial charge in [0.2, 0.25) is 0 Å². The second-order valence-electron chi connectivity index (χ2n) is 4.10. The summed E-state index contributed by atoms with van der Waals surface area (Å²) < 4.78 is 3.18. The van der Waals surface area contributed by atoms with Gasteiger partial charge in [0.25, 0.3) is 0 Å². The summed E-state index contributed by atoms with van der Waals surface area (Å²) in [6, 6.07) is 3.72. The van der Waals surface area contributed by atoms with Gasteiger partial charge < -0.3 is 10.1 Å². The van der Waals surface area contributed by atoms with E-state index in [1.807, 2.05) is 12.1 Å². The standard InChI is InChI=1S/C11H12N4O2.ClH/c1-14-8-3-6-7(13-10(5-16)12-6)4-9(8)15(2)11(14)17;/h3-4,16H,5H2,1-2H3,(H,12,13);1H. The van der Waals surface area contributed by atoms with Crippen LogP contribution in [0.15, 0.2) is 16.9 Å². The predicted octanol–water partition coefficient (Wildman–Crippen LogP) is 0.667. The first kappa shape index (κ1) is 12.7. The maximum atomic E-state index is 11.8. The molecular formula is C11H13ClN4O2. The molecule has 0 radical (unpaired) electrons. The third-order valence-electron chi connectivity index (χ3n) is 3.07. The molecule has 0 aliphatic heterocycles. The second kappa shape index (κ2) is 4.15. The highest BCUT2D eigenvalue weighted by Crippen LogP contribution is 2.19. The van der Waals surface area contributed by atoms with Gasteiger partial charge in [-0.2, -0.15) is 0 Å². The minimum absolute atomic E-state index is 0. The van der Waals surface area contributed by atoms with Crippen LogP contribution in [0.1, 0.15) is 5.82 Å². The first-order valence-corrected chi connectivity index (χ1v) is 5.26. The van der Waals surface area contributed by atoms with E-state index in [0.717, 1.165) is 22.1 Å². The van der Waals surface area contributed by atoms with Crippen LogP contribution in [0.4, 0.5) is 0 Å². The van der Waals surface area contributed by atoms with Crippen LogP contribution in [0.25, 0.3) is 22.1 Å². The van der Waals surface area contributed by atoms with Crippen molar-refractivity contribution in [3.63, 3.8) is 0 Å². The molecule has 96 valence electrons. The number of aliphatic hydroxyl groups excluding tert-OH is 1. The Morgan fingerprint density at radius 1 is 1.28 bits per heavy atom. The number of H-pyrrole nitrogens is 1. The number of nitrogens with one attached hydrogen (secondary N) is 1. The SMILES string of the molecule is Cl.Cn1c(=O)n(C)c2cc3[nH]c(CO)nc3cc21. The molecule has 0 aliphatic carbocycles. The molecule has 0 fully saturated rings. The highest BCUT2D eigenvalue weighted by atomic mass is 35.5. The van der Waals surface area contributed by atoms with Crippen molar-refractivity contribution in [2.75, 3.05) is 0 Å². The molecule has 3 rings (SSSR count). The number of aromatic nitrogens is 4. The van der Waals surface area contributed by atoms with Crippen molar-refractivity contribution in [1.29, 1.82) is 0 Å². The zero-order chi connectivity index (χ0) is 12.2.